The molecule has 0 unspecified atom stereocenters. The SMILES string of the molecule is CC(C)N1CCOCC2(CN(C(=O)n3cncn3)C2)C1. The van der Waals surface area contributed by atoms with Gasteiger partial charge in [0.1, 0.15) is 12.7 Å². The molecule has 0 aromatic carbocycles. The van der Waals surface area contributed by atoms with Crippen molar-refractivity contribution in [3.8, 4) is 0 Å². The minimum atomic E-state index is -0.103. The first-order valence-corrected chi connectivity index (χ1v) is 7.05. The van der Waals surface area contributed by atoms with E-state index in [1.807, 2.05) is 4.90 Å². The molecule has 0 saturated carbocycles. The van der Waals surface area contributed by atoms with Gasteiger partial charge in [0.05, 0.1) is 13.2 Å². The quantitative estimate of drug-likeness (QED) is 0.739. The lowest BCUT2D eigenvalue weighted by atomic mass is 9.80. The fourth-order valence-corrected chi connectivity index (χ4v) is 3.01. The highest BCUT2D eigenvalue weighted by Crippen LogP contribution is 2.34. The van der Waals surface area contributed by atoms with Gasteiger partial charge in [0, 0.05) is 37.6 Å². The van der Waals surface area contributed by atoms with E-state index in [0.29, 0.717) is 6.04 Å². The molecular weight excluding hydrogens is 258 g/mol. The molecule has 0 N–H and O–H groups in total. The van der Waals surface area contributed by atoms with Gasteiger partial charge >= 0.3 is 6.03 Å². The minimum absolute atomic E-state index is 0.0804. The Morgan fingerprint density at radius 3 is 2.80 bits per heavy atom. The van der Waals surface area contributed by atoms with E-state index in [1.54, 1.807) is 0 Å². The van der Waals surface area contributed by atoms with Gasteiger partial charge in [0.25, 0.3) is 0 Å². The Hall–Kier alpha value is -1.47. The summed E-state index contributed by atoms with van der Waals surface area (Å²) in [5.41, 5.74) is 0.0804. The van der Waals surface area contributed by atoms with E-state index in [2.05, 4.69) is 28.8 Å². The summed E-state index contributed by atoms with van der Waals surface area (Å²) in [6, 6.07) is 0.405. The van der Waals surface area contributed by atoms with Gasteiger partial charge in [-0.05, 0) is 13.8 Å². The smallest absolute Gasteiger partial charge is 0.346 e. The summed E-state index contributed by atoms with van der Waals surface area (Å²) < 4.78 is 7.02. The van der Waals surface area contributed by atoms with E-state index >= 15 is 0 Å². The van der Waals surface area contributed by atoms with Gasteiger partial charge in [-0.3, -0.25) is 4.90 Å². The molecule has 1 aromatic heterocycles. The zero-order valence-electron chi connectivity index (χ0n) is 12.0. The number of aromatic nitrogens is 3. The van der Waals surface area contributed by atoms with Crippen LogP contribution in [0.3, 0.4) is 0 Å². The summed E-state index contributed by atoms with van der Waals surface area (Å²) >= 11 is 0. The van der Waals surface area contributed by atoms with Crippen LogP contribution >= 0.6 is 0 Å². The molecule has 1 spiro atoms. The molecule has 20 heavy (non-hydrogen) atoms. The molecule has 0 atom stereocenters. The Balaban J connectivity index is 1.64. The molecule has 7 heteroatoms. The summed E-state index contributed by atoms with van der Waals surface area (Å²) in [5, 5.41) is 3.89. The van der Waals surface area contributed by atoms with Gasteiger partial charge in [-0.2, -0.15) is 9.78 Å². The zero-order chi connectivity index (χ0) is 14.2. The van der Waals surface area contributed by atoms with Crippen molar-refractivity contribution in [1.29, 1.82) is 0 Å². The van der Waals surface area contributed by atoms with E-state index in [4.69, 9.17) is 4.74 Å². The van der Waals surface area contributed by atoms with Crippen LogP contribution in [-0.4, -0.2) is 76.0 Å². The summed E-state index contributed by atoms with van der Waals surface area (Å²) in [5.74, 6) is 0. The van der Waals surface area contributed by atoms with Crippen LogP contribution in [0.1, 0.15) is 13.8 Å². The highest BCUT2D eigenvalue weighted by atomic mass is 16.5. The molecule has 3 heterocycles. The molecule has 2 fully saturated rings. The lowest BCUT2D eigenvalue weighted by Gasteiger charge is -2.50. The number of rotatable bonds is 1. The van der Waals surface area contributed by atoms with E-state index in [-0.39, 0.29) is 11.4 Å². The van der Waals surface area contributed by atoms with E-state index in [1.165, 1.54) is 17.3 Å². The van der Waals surface area contributed by atoms with Gasteiger partial charge in [-0.25, -0.2) is 9.78 Å². The monoisotopic (exact) mass is 279 g/mol. The number of hydrogen-bond donors (Lipinski definition) is 0. The second kappa shape index (κ2) is 5.14. The van der Waals surface area contributed by atoms with Crippen molar-refractivity contribution < 1.29 is 9.53 Å². The lowest BCUT2D eigenvalue weighted by molar-refractivity contribution is -0.0379. The third-order valence-corrected chi connectivity index (χ3v) is 4.14. The Morgan fingerprint density at radius 1 is 1.35 bits per heavy atom. The Bertz CT molecular complexity index is 467. The fraction of sp³-hybridized carbons (Fsp3) is 0.769. The molecule has 0 aliphatic carbocycles. The average Bonchev–Trinajstić information content (AvgIpc) is 2.81. The van der Waals surface area contributed by atoms with Crippen LogP contribution in [0.2, 0.25) is 0 Å². The molecule has 3 rings (SSSR count). The predicted molar refractivity (Wildman–Crippen MR) is 72.4 cm³/mol. The molecule has 2 aliphatic heterocycles. The summed E-state index contributed by atoms with van der Waals surface area (Å²) in [6.07, 6.45) is 2.82. The standard InChI is InChI=1S/C13H21N5O2/c1-11(2)16-3-4-20-8-13(5-16)6-17(7-13)12(19)18-10-14-9-15-18/h9-11H,3-8H2,1-2H3. The van der Waals surface area contributed by atoms with Crippen molar-refractivity contribution in [3.63, 3.8) is 0 Å². The van der Waals surface area contributed by atoms with E-state index in [0.717, 1.165) is 39.4 Å². The molecule has 1 amide bonds. The fourth-order valence-electron chi connectivity index (χ4n) is 3.01. The van der Waals surface area contributed by atoms with E-state index in [9.17, 15) is 4.79 Å². The predicted octanol–water partition coefficient (Wildman–Crippen LogP) is 0.289. The van der Waals surface area contributed by atoms with Crippen molar-refractivity contribution in [2.75, 3.05) is 39.4 Å². The van der Waals surface area contributed by atoms with Gasteiger partial charge in [0.15, 0.2) is 0 Å². The molecule has 2 aliphatic rings. The first-order chi connectivity index (χ1) is 9.60. The first kappa shape index (κ1) is 13.5. The third kappa shape index (κ3) is 2.43. The van der Waals surface area contributed by atoms with Crippen LogP contribution in [0, 0.1) is 5.41 Å². The number of likely N-dealkylation sites (tertiary alicyclic amines) is 1. The maximum absolute atomic E-state index is 12.1. The molecule has 1 aromatic rings. The number of carbonyl (C=O) groups excluding carboxylic acids is 1. The molecular formula is C13H21N5O2. The second-order valence-corrected chi connectivity index (χ2v) is 6.10. The Morgan fingerprint density at radius 2 is 2.15 bits per heavy atom. The van der Waals surface area contributed by atoms with Crippen molar-refractivity contribution in [1.82, 2.24) is 24.6 Å². The second-order valence-electron chi connectivity index (χ2n) is 6.10. The minimum Gasteiger partial charge on any atom is -0.379 e. The normalized spacial score (nSPS) is 22.9. The van der Waals surface area contributed by atoms with Crippen LogP contribution in [0.15, 0.2) is 12.7 Å². The summed E-state index contributed by atoms with van der Waals surface area (Å²) in [6.45, 7) is 9.34. The van der Waals surface area contributed by atoms with E-state index < -0.39 is 0 Å². The third-order valence-electron chi connectivity index (χ3n) is 4.14. The molecule has 7 nitrogen and oxygen atoms in total. The van der Waals surface area contributed by atoms with Crippen LogP contribution in [0.25, 0.3) is 0 Å². The number of ether oxygens (including phenoxy) is 1. The summed E-state index contributed by atoms with van der Waals surface area (Å²) in [7, 11) is 0. The Kier molecular flexibility index (Phi) is 3.47. The summed E-state index contributed by atoms with van der Waals surface area (Å²) in [4.78, 5) is 20.2. The van der Waals surface area contributed by atoms with Gasteiger partial charge in [-0.15, -0.1) is 0 Å². The Labute approximate surface area is 118 Å². The number of amides is 1. The number of nitrogens with zero attached hydrogens (tertiary/aromatic N) is 5. The molecule has 110 valence electrons. The lowest BCUT2D eigenvalue weighted by Crippen LogP contribution is -2.64. The molecule has 2 saturated heterocycles. The first-order valence-electron chi connectivity index (χ1n) is 7.05. The maximum atomic E-state index is 12.1. The van der Waals surface area contributed by atoms with Gasteiger partial charge < -0.3 is 9.64 Å². The zero-order valence-corrected chi connectivity index (χ0v) is 12.0. The van der Waals surface area contributed by atoms with Crippen LogP contribution in [0.4, 0.5) is 4.79 Å². The topological polar surface area (TPSA) is 63.5 Å². The van der Waals surface area contributed by atoms with Gasteiger partial charge in [0.2, 0.25) is 0 Å². The van der Waals surface area contributed by atoms with Crippen molar-refractivity contribution in [2.45, 2.75) is 19.9 Å². The van der Waals surface area contributed by atoms with Gasteiger partial charge in [-0.1, -0.05) is 0 Å². The highest BCUT2D eigenvalue weighted by molar-refractivity contribution is 5.76. The maximum Gasteiger partial charge on any atom is 0.346 e. The molecule has 0 bridgehead atoms. The van der Waals surface area contributed by atoms with Crippen molar-refractivity contribution in [2.24, 2.45) is 5.41 Å². The van der Waals surface area contributed by atoms with Crippen LogP contribution in [0.5, 0.6) is 0 Å². The number of hydrogen-bond acceptors (Lipinski definition) is 5. The van der Waals surface area contributed by atoms with Crippen LogP contribution in [-0.2, 0) is 4.74 Å². The highest BCUT2D eigenvalue weighted by Gasteiger charge is 2.48. The van der Waals surface area contributed by atoms with Crippen molar-refractivity contribution in [3.05, 3.63) is 12.7 Å². The number of carbonyl (C=O) groups is 1. The largest absolute Gasteiger partial charge is 0.379 e. The average molecular weight is 279 g/mol. The molecule has 0 radical (unpaired) electrons. The van der Waals surface area contributed by atoms with Crippen LogP contribution < -0.4 is 0 Å². The van der Waals surface area contributed by atoms with Crippen molar-refractivity contribution >= 4 is 6.03 Å².